The summed E-state index contributed by atoms with van der Waals surface area (Å²) < 4.78 is 0. The number of nitro groups is 1. The highest BCUT2D eigenvalue weighted by molar-refractivity contribution is 6.24. The monoisotopic (exact) mass is 466 g/mol. The van der Waals surface area contributed by atoms with Crippen LogP contribution in [0.15, 0.2) is 84.0 Å². The highest BCUT2D eigenvalue weighted by atomic mass is 16.6. The molecule has 0 aromatic heterocycles. The van der Waals surface area contributed by atoms with Crippen molar-refractivity contribution in [2.75, 3.05) is 4.90 Å². The molecule has 0 radical (unpaired) electrons. The topological polar surface area (TPSA) is 113 Å². The molecule has 172 valence electrons. The Morgan fingerprint density at radius 3 is 2.23 bits per heavy atom. The molecule has 0 bridgehead atoms. The van der Waals surface area contributed by atoms with Gasteiger partial charge in [0.05, 0.1) is 34.7 Å². The van der Waals surface area contributed by atoms with Crippen molar-refractivity contribution in [3.63, 3.8) is 0 Å². The quantitative estimate of drug-likeness (QED) is 0.252. The van der Waals surface area contributed by atoms with Crippen LogP contribution in [0.2, 0.25) is 0 Å². The molecular weight excluding hydrogens is 448 g/mol. The third-order valence-corrected chi connectivity index (χ3v) is 6.94. The number of fused-ring (bicyclic) bond motifs is 5. The Morgan fingerprint density at radius 1 is 0.857 bits per heavy atom. The van der Waals surface area contributed by atoms with Gasteiger partial charge in [0.1, 0.15) is 6.04 Å². The molecule has 2 fully saturated rings. The van der Waals surface area contributed by atoms with Crippen LogP contribution in [-0.4, -0.2) is 39.8 Å². The summed E-state index contributed by atoms with van der Waals surface area (Å²) in [6, 6.07) is 19.8. The lowest BCUT2D eigenvalue weighted by Gasteiger charge is -2.33. The third kappa shape index (κ3) is 3.01. The van der Waals surface area contributed by atoms with Crippen molar-refractivity contribution >= 4 is 35.2 Å². The van der Waals surface area contributed by atoms with Gasteiger partial charge in [-0.05, 0) is 35.4 Å². The normalized spacial score (nSPS) is 24.2. The lowest BCUT2D eigenvalue weighted by Crippen LogP contribution is -2.44. The highest BCUT2D eigenvalue weighted by Crippen LogP contribution is 2.53. The number of anilines is 1. The van der Waals surface area contributed by atoms with E-state index in [9.17, 15) is 24.5 Å². The summed E-state index contributed by atoms with van der Waals surface area (Å²) in [7, 11) is 0. The van der Waals surface area contributed by atoms with Crippen LogP contribution in [-0.2, 0) is 9.59 Å². The Morgan fingerprint density at radius 2 is 1.51 bits per heavy atom. The summed E-state index contributed by atoms with van der Waals surface area (Å²) in [5.41, 5.74) is 2.18. The molecule has 9 heteroatoms. The molecule has 0 aliphatic carbocycles. The number of carbonyl (C=O) groups is 3. The number of nitro benzene ring substituents is 1. The van der Waals surface area contributed by atoms with Gasteiger partial charge in [0.15, 0.2) is 5.78 Å². The smallest absolute Gasteiger partial charge is 0.269 e. The second-order valence-electron chi connectivity index (χ2n) is 8.71. The molecule has 9 nitrogen and oxygen atoms in total. The number of benzene rings is 3. The van der Waals surface area contributed by atoms with Crippen molar-refractivity contribution in [3.8, 4) is 0 Å². The summed E-state index contributed by atoms with van der Waals surface area (Å²) in [4.78, 5) is 52.9. The number of carbonyl (C=O) groups excluding carboxylic acids is 3. The Kier molecular flexibility index (Phi) is 4.60. The standard InChI is InChI=1S/C26H18N4O5/c31-24(15-10-12-18(13-11-15)30(34)35)23-21-20(22-19-9-5-4-6-16(19)14-27-29(22)23)25(32)28(26(21)33)17-7-2-1-3-8-17/h1-14,20-23H/t20-,21-,22+,23+/m1/s1. The molecule has 3 aromatic rings. The number of hydrogen-bond acceptors (Lipinski definition) is 7. The Bertz CT molecular complexity index is 1420. The van der Waals surface area contributed by atoms with E-state index in [4.69, 9.17) is 0 Å². The van der Waals surface area contributed by atoms with Gasteiger partial charge in [-0.3, -0.25) is 29.5 Å². The molecule has 0 unspecified atom stereocenters. The van der Waals surface area contributed by atoms with Gasteiger partial charge < -0.3 is 0 Å². The minimum atomic E-state index is -1.03. The second kappa shape index (κ2) is 7.69. The van der Waals surface area contributed by atoms with E-state index >= 15 is 0 Å². The predicted molar refractivity (Wildman–Crippen MR) is 126 cm³/mol. The first kappa shape index (κ1) is 20.9. The average molecular weight is 466 g/mol. The van der Waals surface area contributed by atoms with Gasteiger partial charge >= 0.3 is 0 Å². The number of para-hydroxylation sites is 1. The first-order valence-corrected chi connectivity index (χ1v) is 11.1. The van der Waals surface area contributed by atoms with Gasteiger partial charge in [-0.15, -0.1) is 0 Å². The summed E-state index contributed by atoms with van der Waals surface area (Å²) in [6.45, 7) is 0. The number of hydrogen-bond donors (Lipinski definition) is 0. The summed E-state index contributed by atoms with van der Waals surface area (Å²) in [5.74, 6) is -2.97. The van der Waals surface area contributed by atoms with Gasteiger partial charge in [-0.25, -0.2) is 4.90 Å². The zero-order valence-electron chi connectivity index (χ0n) is 18.2. The van der Waals surface area contributed by atoms with Gasteiger partial charge in [0.2, 0.25) is 11.8 Å². The van der Waals surface area contributed by atoms with Crippen LogP contribution in [0.4, 0.5) is 11.4 Å². The number of hydrazone groups is 1. The summed E-state index contributed by atoms with van der Waals surface area (Å²) in [6.07, 6.45) is 1.63. The molecule has 0 N–H and O–H groups in total. The minimum Gasteiger partial charge on any atom is -0.292 e. The molecule has 0 saturated carbocycles. The fourth-order valence-corrected chi connectivity index (χ4v) is 5.42. The molecule has 3 heterocycles. The summed E-state index contributed by atoms with van der Waals surface area (Å²) >= 11 is 0. The SMILES string of the molecule is O=C(c1ccc([N+](=O)[O-])cc1)[C@@H]1[C@@H]2C(=O)N(c3ccccc3)C(=O)[C@H]2[C@@H]2c3ccccc3C=NN12. The maximum absolute atomic E-state index is 13.8. The van der Waals surface area contributed by atoms with Crippen molar-refractivity contribution in [2.45, 2.75) is 12.1 Å². The number of Topliss-reactive ketones (excluding diaryl/α,β-unsaturated/α-hetero) is 1. The molecule has 0 spiro atoms. The van der Waals surface area contributed by atoms with E-state index in [1.54, 1.807) is 41.6 Å². The Hall–Kier alpha value is -4.66. The molecule has 2 saturated heterocycles. The van der Waals surface area contributed by atoms with Crippen molar-refractivity contribution in [1.82, 2.24) is 5.01 Å². The van der Waals surface area contributed by atoms with Crippen LogP contribution >= 0.6 is 0 Å². The van der Waals surface area contributed by atoms with Crippen LogP contribution in [0, 0.1) is 22.0 Å². The lowest BCUT2D eigenvalue weighted by molar-refractivity contribution is -0.384. The molecule has 4 atom stereocenters. The van der Waals surface area contributed by atoms with Gasteiger partial charge in [0, 0.05) is 17.7 Å². The van der Waals surface area contributed by atoms with Crippen molar-refractivity contribution in [1.29, 1.82) is 0 Å². The largest absolute Gasteiger partial charge is 0.292 e. The zero-order valence-corrected chi connectivity index (χ0v) is 18.2. The van der Waals surface area contributed by atoms with Gasteiger partial charge in [0.25, 0.3) is 5.69 Å². The van der Waals surface area contributed by atoms with Crippen molar-refractivity contribution in [2.24, 2.45) is 16.9 Å². The first-order chi connectivity index (χ1) is 17.0. The van der Waals surface area contributed by atoms with Crippen LogP contribution in [0.3, 0.4) is 0 Å². The number of ketones is 1. The Labute approximate surface area is 199 Å². The Balaban J connectivity index is 1.47. The van der Waals surface area contributed by atoms with Crippen LogP contribution in [0.1, 0.15) is 27.5 Å². The highest BCUT2D eigenvalue weighted by Gasteiger charge is 2.65. The average Bonchev–Trinajstić information content (AvgIpc) is 3.36. The first-order valence-electron chi connectivity index (χ1n) is 11.1. The van der Waals surface area contributed by atoms with Crippen LogP contribution in [0.5, 0.6) is 0 Å². The van der Waals surface area contributed by atoms with E-state index in [0.29, 0.717) is 5.69 Å². The predicted octanol–water partition coefficient (Wildman–Crippen LogP) is 3.36. The molecule has 3 aliphatic heterocycles. The zero-order chi connectivity index (χ0) is 24.3. The maximum Gasteiger partial charge on any atom is 0.269 e. The fourth-order valence-electron chi connectivity index (χ4n) is 5.42. The van der Waals surface area contributed by atoms with Gasteiger partial charge in [-0.2, -0.15) is 5.10 Å². The van der Waals surface area contributed by atoms with E-state index in [0.717, 1.165) is 11.1 Å². The molecule has 35 heavy (non-hydrogen) atoms. The van der Waals surface area contributed by atoms with E-state index in [1.807, 2.05) is 24.3 Å². The van der Waals surface area contributed by atoms with E-state index in [2.05, 4.69) is 5.10 Å². The van der Waals surface area contributed by atoms with Crippen LogP contribution < -0.4 is 4.90 Å². The minimum absolute atomic E-state index is 0.143. The van der Waals surface area contributed by atoms with E-state index < -0.39 is 40.5 Å². The second-order valence-corrected chi connectivity index (χ2v) is 8.71. The third-order valence-electron chi connectivity index (χ3n) is 6.94. The number of non-ortho nitro benzene ring substituents is 1. The molecule has 3 aliphatic rings. The number of imide groups is 1. The van der Waals surface area contributed by atoms with Gasteiger partial charge in [-0.1, -0.05) is 42.5 Å². The maximum atomic E-state index is 13.8. The number of amides is 2. The fraction of sp³-hybridized carbons (Fsp3) is 0.154. The molecule has 2 amide bonds. The molecular formula is C26H18N4O5. The van der Waals surface area contributed by atoms with E-state index in [-0.39, 0.29) is 17.2 Å². The lowest BCUT2D eigenvalue weighted by atomic mass is 9.83. The van der Waals surface area contributed by atoms with Crippen LogP contribution in [0.25, 0.3) is 0 Å². The van der Waals surface area contributed by atoms with Crippen molar-refractivity contribution in [3.05, 3.63) is 106 Å². The number of nitrogens with zero attached hydrogens (tertiary/aromatic N) is 4. The number of rotatable bonds is 4. The van der Waals surface area contributed by atoms with Crippen molar-refractivity contribution < 1.29 is 19.3 Å². The van der Waals surface area contributed by atoms with E-state index in [1.165, 1.54) is 29.2 Å². The molecule has 6 rings (SSSR count). The summed E-state index contributed by atoms with van der Waals surface area (Å²) in [5, 5.41) is 17.1. The molecule has 3 aromatic carbocycles.